The molecule has 0 atom stereocenters. The number of benzene rings is 3. The van der Waals surface area contributed by atoms with Gasteiger partial charge in [-0.05, 0) is 48.6 Å². The van der Waals surface area contributed by atoms with Gasteiger partial charge in [0.2, 0.25) is 5.91 Å². The summed E-state index contributed by atoms with van der Waals surface area (Å²) in [4.78, 5) is 12.9. The van der Waals surface area contributed by atoms with Crippen LogP contribution < -0.4 is 5.32 Å². The summed E-state index contributed by atoms with van der Waals surface area (Å²) >= 11 is 1.39. The molecule has 0 fully saturated rings. The first-order valence-electron chi connectivity index (χ1n) is 11.0. The van der Waals surface area contributed by atoms with E-state index in [1.165, 1.54) is 11.8 Å². The summed E-state index contributed by atoms with van der Waals surface area (Å²) in [6.45, 7) is 8.35. The molecule has 1 amide bonds. The molecule has 0 aliphatic carbocycles. The lowest BCUT2D eigenvalue weighted by Crippen LogP contribution is -2.17. The number of aromatic nitrogens is 3. The zero-order valence-electron chi connectivity index (χ0n) is 19.4. The van der Waals surface area contributed by atoms with E-state index < -0.39 is 0 Å². The highest BCUT2D eigenvalue weighted by Crippen LogP contribution is 2.30. The maximum absolute atomic E-state index is 12.9. The van der Waals surface area contributed by atoms with Gasteiger partial charge in [0.05, 0.1) is 5.75 Å². The summed E-state index contributed by atoms with van der Waals surface area (Å²) in [5.41, 5.74) is 6.21. The normalized spacial score (nSPS) is 11.1. The topological polar surface area (TPSA) is 59.8 Å². The van der Waals surface area contributed by atoms with Crippen LogP contribution in [0.25, 0.3) is 17.1 Å². The van der Waals surface area contributed by atoms with Gasteiger partial charge >= 0.3 is 0 Å². The van der Waals surface area contributed by atoms with Crippen molar-refractivity contribution >= 4 is 23.4 Å². The Kier molecular flexibility index (Phi) is 6.94. The number of hydrogen-bond donors (Lipinski definition) is 1. The fraction of sp³-hybridized carbons (Fsp3) is 0.222. The zero-order chi connectivity index (χ0) is 23.4. The van der Waals surface area contributed by atoms with Crippen molar-refractivity contribution < 1.29 is 4.79 Å². The standard InChI is InChI=1S/C27H28N4OS/c1-18(2)23-15-9-11-20(4)25(23)28-24(32)17-33-27-30-29-26(21-12-6-5-7-13-21)31(27)22-14-8-10-19(3)16-22/h5-16,18H,17H2,1-4H3,(H,28,32). The lowest BCUT2D eigenvalue weighted by molar-refractivity contribution is -0.113. The number of hydrogen-bond acceptors (Lipinski definition) is 4. The third-order valence-electron chi connectivity index (χ3n) is 5.45. The predicted molar refractivity (Wildman–Crippen MR) is 136 cm³/mol. The van der Waals surface area contributed by atoms with Gasteiger partial charge in [-0.25, -0.2) is 0 Å². The number of nitrogens with one attached hydrogen (secondary N) is 1. The summed E-state index contributed by atoms with van der Waals surface area (Å²) < 4.78 is 2.02. The van der Waals surface area contributed by atoms with Gasteiger partial charge < -0.3 is 5.32 Å². The van der Waals surface area contributed by atoms with E-state index in [0.29, 0.717) is 11.1 Å². The van der Waals surface area contributed by atoms with Crippen LogP contribution in [-0.2, 0) is 4.79 Å². The van der Waals surface area contributed by atoms with Crippen molar-refractivity contribution in [3.63, 3.8) is 0 Å². The van der Waals surface area contributed by atoms with Gasteiger partial charge in [0.15, 0.2) is 11.0 Å². The number of nitrogens with zero attached hydrogens (tertiary/aromatic N) is 3. The molecule has 1 aromatic heterocycles. The molecule has 0 saturated heterocycles. The summed E-state index contributed by atoms with van der Waals surface area (Å²) in [5.74, 6) is 1.26. The van der Waals surface area contributed by atoms with Gasteiger partial charge in [-0.2, -0.15) is 0 Å². The maximum atomic E-state index is 12.9. The molecule has 6 heteroatoms. The Hall–Kier alpha value is -3.38. The molecule has 1 heterocycles. The van der Waals surface area contributed by atoms with Crippen LogP contribution in [-0.4, -0.2) is 26.4 Å². The van der Waals surface area contributed by atoms with E-state index in [4.69, 9.17) is 0 Å². The van der Waals surface area contributed by atoms with Crippen LogP contribution in [0.15, 0.2) is 78.0 Å². The van der Waals surface area contributed by atoms with Crippen molar-refractivity contribution in [3.8, 4) is 17.1 Å². The summed E-state index contributed by atoms with van der Waals surface area (Å²) in [5, 5.41) is 12.7. The first-order valence-corrected chi connectivity index (χ1v) is 12.0. The predicted octanol–water partition coefficient (Wildman–Crippen LogP) is 6.41. The number of rotatable bonds is 7. The molecule has 168 valence electrons. The molecule has 0 bridgehead atoms. The quantitative estimate of drug-likeness (QED) is 0.327. The van der Waals surface area contributed by atoms with Crippen LogP contribution in [0.3, 0.4) is 0 Å². The smallest absolute Gasteiger partial charge is 0.234 e. The van der Waals surface area contributed by atoms with E-state index in [-0.39, 0.29) is 11.7 Å². The number of carbonyl (C=O) groups is 1. The average molecular weight is 457 g/mol. The van der Waals surface area contributed by atoms with E-state index in [9.17, 15) is 4.79 Å². The number of amides is 1. The van der Waals surface area contributed by atoms with Crippen LogP contribution in [0.1, 0.15) is 36.5 Å². The Bertz CT molecular complexity index is 1260. The second-order valence-corrected chi connectivity index (χ2v) is 9.32. The molecule has 5 nitrogen and oxygen atoms in total. The second kappa shape index (κ2) is 10.0. The molecule has 0 spiro atoms. The highest BCUT2D eigenvalue weighted by atomic mass is 32.2. The van der Waals surface area contributed by atoms with Crippen LogP contribution >= 0.6 is 11.8 Å². The van der Waals surface area contributed by atoms with Crippen LogP contribution in [0.4, 0.5) is 5.69 Å². The Morgan fingerprint density at radius 1 is 0.970 bits per heavy atom. The monoisotopic (exact) mass is 456 g/mol. The van der Waals surface area contributed by atoms with E-state index in [0.717, 1.165) is 39.5 Å². The number of carbonyl (C=O) groups excluding carboxylic acids is 1. The number of anilines is 1. The molecule has 0 radical (unpaired) electrons. The minimum absolute atomic E-state index is 0.0590. The van der Waals surface area contributed by atoms with Crippen molar-refractivity contribution in [1.29, 1.82) is 0 Å². The first-order chi connectivity index (χ1) is 15.9. The van der Waals surface area contributed by atoms with Gasteiger partial charge in [0, 0.05) is 16.9 Å². The van der Waals surface area contributed by atoms with E-state index in [1.807, 2.05) is 66.1 Å². The third kappa shape index (κ3) is 5.17. The molecule has 0 aliphatic heterocycles. The average Bonchev–Trinajstić information content (AvgIpc) is 3.23. The Balaban J connectivity index is 1.61. The van der Waals surface area contributed by atoms with E-state index >= 15 is 0 Å². The SMILES string of the molecule is Cc1cccc(-n2c(SCC(=O)Nc3c(C)cccc3C(C)C)nnc2-c2ccccc2)c1. The fourth-order valence-electron chi connectivity index (χ4n) is 3.79. The molecule has 4 aromatic rings. The van der Waals surface area contributed by atoms with Crippen molar-refractivity contribution in [2.45, 2.75) is 38.8 Å². The Morgan fingerprint density at radius 2 is 1.73 bits per heavy atom. The number of thioether (sulfide) groups is 1. The van der Waals surface area contributed by atoms with Crippen LogP contribution in [0.2, 0.25) is 0 Å². The van der Waals surface area contributed by atoms with Crippen LogP contribution in [0, 0.1) is 13.8 Å². The van der Waals surface area contributed by atoms with E-state index in [2.05, 4.69) is 54.5 Å². The minimum atomic E-state index is -0.0590. The Labute approximate surface area is 199 Å². The molecule has 0 saturated carbocycles. The molecular formula is C27H28N4OS. The molecule has 3 aromatic carbocycles. The van der Waals surface area contributed by atoms with Crippen molar-refractivity contribution in [2.75, 3.05) is 11.1 Å². The fourth-order valence-corrected chi connectivity index (χ4v) is 4.54. The van der Waals surface area contributed by atoms with Gasteiger partial charge in [-0.1, -0.05) is 86.3 Å². The summed E-state index contributed by atoms with van der Waals surface area (Å²) in [6, 6.07) is 24.3. The number of aryl methyl sites for hydroxylation is 2. The van der Waals surface area contributed by atoms with Crippen molar-refractivity contribution in [1.82, 2.24) is 14.8 Å². The van der Waals surface area contributed by atoms with Gasteiger partial charge in [-0.3, -0.25) is 9.36 Å². The van der Waals surface area contributed by atoms with Gasteiger partial charge in [0.1, 0.15) is 0 Å². The summed E-state index contributed by atoms with van der Waals surface area (Å²) in [7, 11) is 0. The Morgan fingerprint density at radius 3 is 2.45 bits per heavy atom. The largest absolute Gasteiger partial charge is 0.325 e. The zero-order valence-corrected chi connectivity index (χ0v) is 20.2. The molecule has 0 unspecified atom stereocenters. The first kappa shape index (κ1) is 22.8. The number of para-hydroxylation sites is 1. The molecule has 4 rings (SSSR count). The molecule has 0 aliphatic rings. The second-order valence-electron chi connectivity index (χ2n) is 8.38. The highest BCUT2D eigenvalue weighted by Gasteiger charge is 2.18. The lowest BCUT2D eigenvalue weighted by atomic mass is 9.98. The lowest BCUT2D eigenvalue weighted by Gasteiger charge is -2.16. The van der Waals surface area contributed by atoms with E-state index in [1.54, 1.807) is 0 Å². The van der Waals surface area contributed by atoms with Crippen molar-refractivity contribution in [3.05, 3.63) is 89.5 Å². The maximum Gasteiger partial charge on any atom is 0.234 e. The van der Waals surface area contributed by atoms with Crippen LogP contribution in [0.5, 0.6) is 0 Å². The highest BCUT2D eigenvalue weighted by molar-refractivity contribution is 7.99. The van der Waals surface area contributed by atoms with Crippen molar-refractivity contribution in [2.24, 2.45) is 0 Å². The summed E-state index contributed by atoms with van der Waals surface area (Å²) in [6.07, 6.45) is 0. The van der Waals surface area contributed by atoms with Gasteiger partial charge in [0.25, 0.3) is 0 Å². The molecule has 33 heavy (non-hydrogen) atoms. The molecular weight excluding hydrogens is 428 g/mol. The van der Waals surface area contributed by atoms with Gasteiger partial charge in [-0.15, -0.1) is 10.2 Å². The third-order valence-corrected chi connectivity index (χ3v) is 6.38. The molecule has 1 N–H and O–H groups in total. The minimum Gasteiger partial charge on any atom is -0.325 e.